The fourth-order valence-electron chi connectivity index (χ4n) is 3.21. The summed E-state index contributed by atoms with van der Waals surface area (Å²) >= 11 is 0. The molecule has 4 nitrogen and oxygen atoms in total. The first kappa shape index (κ1) is 20.9. The standard InChI is InChI=1S/C22H29FN2O2/c1-15-12-19(13-16(2)21(15)27-5)14-25(4)17(3)22(26)24-11-10-18-6-8-20(23)9-7-18/h6-9,12-13,17H,10-11,14H2,1-5H3,(H,24,26). The van der Waals surface area contributed by atoms with Gasteiger partial charge in [0, 0.05) is 13.1 Å². The van der Waals surface area contributed by atoms with E-state index in [1.165, 1.54) is 12.1 Å². The molecule has 27 heavy (non-hydrogen) atoms. The number of hydrogen-bond acceptors (Lipinski definition) is 3. The average molecular weight is 372 g/mol. The molecule has 0 aliphatic heterocycles. The highest BCUT2D eigenvalue weighted by Gasteiger charge is 2.18. The van der Waals surface area contributed by atoms with Gasteiger partial charge in [-0.15, -0.1) is 0 Å². The monoisotopic (exact) mass is 372 g/mol. The van der Waals surface area contributed by atoms with Crippen molar-refractivity contribution in [2.45, 2.75) is 39.8 Å². The number of likely N-dealkylation sites (N-methyl/N-ethyl adjacent to an activating group) is 1. The van der Waals surface area contributed by atoms with Gasteiger partial charge in [0.15, 0.2) is 0 Å². The molecule has 0 saturated heterocycles. The Kier molecular flexibility index (Phi) is 7.36. The van der Waals surface area contributed by atoms with E-state index in [-0.39, 0.29) is 17.8 Å². The molecule has 2 aromatic rings. The molecule has 0 aliphatic carbocycles. The van der Waals surface area contributed by atoms with Crippen LogP contribution in [0.25, 0.3) is 0 Å². The van der Waals surface area contributed by atoms with E-state index in [1.54, 1.807) is 19.2 Å². The maximum Gasteiger partial charge on any atom is 0.237 e. The molecule has 5 heteroatoms. The first-order valence-electron chi connectivity index (χ1n) is 9.18. The van der Waals surface area contributed by atoms with Crippen LogP contribution in [-0.2, 0) is 17.8 Å². The van der Waals surface area contributed by atoms with Crippen molar-refractivity contribution in [3.63, 3.8) is 0 Å². The number of carbonyl (C=O) groups is 1. The number of ether oxygens (including phenoxy) is 1. The molecule has 146 valence electrons. The van der Waals surface area contributed by atoms with E-state index in [2.05, 4.69) is 17.4 Å². The SMILES string of the molecule is COc1c(C)cc(CN(C)C(C)C(=O)NCCc2ccc(F)cc2)cc1C. The number of carbonyl (C=O) groups excluding carboxylic acids is 1. The van der Waals surface area contributed by atoms with Gasteiger partial charge in [0.2, 0.25) is 5.91 Å². The van der Waals surface area contributed by atoms with Gasteiger partial charge >= 0.3 is 0 Å². The van der Waals surface area contributed by atoms with Crippen LogP contribution >= 0.6 is 0 Å². The van der Waals surface area contributed by atoms with Crippen LogP contribution in [-0.4, -0.2) is 37.6 Å². The van der Waals surface area contributed by atoms with Crippen molar-refractivity contribution >= 4 is 5.91 Å². The molecule has 1 amide bonds. The summed E-state index contributed by atoms with van der Waals surface area (Å²) in [5.41, 5.74) is 4.34. The highest BCUT2D eigenvalue weighted by atomic mass is 19.1. The Hall–Kier alpha value is -2.40. The van der Waals surface area contributed by atoms with Crippen molar-refractivity contribution in [2.75, 3.05) is 20.7 Å². The van der Waals surface area contributed by atoms with Crippen molar-refractivity contribution in [2.24, 2.45) is 0 Å². The van der Waals surface area contributed by atoms with E-state index >= 15 is 0 Å². The van der Waals surface area contributed by atoms with Crippen molar-refractivity contribution in [3.8, 4) is 5.75 Å². The number of halogens is 1. The zero-order chi connectivity index (χ0) is 20.0. The quantitative estimate of drug-likeness (QED) is 0.769. The van der Waals surface area contributed by atoms with Crippen LogP contribution in [0.3, 0.4) is 0 Å². The van der Waals surface area contributed by atoms with Gasteiger partial charge in [-0.3, -0.25) is 9.69 Å². The van der Waals surface area contributed by atoms with E-state index in [0.717, 1.165) is 28.0 Å². The van der Waals surface area contributed by atoms with Gasteiger partial charge in [-0.25, -0.2) is 4.39 Å². The molecule has 2 aromatic carbocycles. The number of benzene rings is 2. The molecular formula is C22H29FN2O2. The molecule has 0 fully saturated rings. The van der Waals surface area contributed by atoms with E-state index in [9.17, 15) is 9.18 Å². The van der Waals surface area contributed by atoms with Crippen LogP contribution in [0.15, 0.2) is 36.4 Å². The molecule has 0 saturated carbocycles. The maximum absolute atomic E-state index is 12.9. The minimum atomic E-state index is -0.249. The number of aryl methyl sites for hydroxylation is 2. The molecule has 0 aromatic heterocycles. The minimum Gasteiger partial charge on any atom is -0.496 e. The Morgan fingerprint density at radius 2 is 1.74 bits per heavy atom. The first-order valence-corrected chi connectivity index (χ1v) is 9.18. The van der Waals surface area contributed by atoms with Crippen LogP contribution in [0.2, 0.25) is 0 Å². The number of methoxy groups -OCH3 is 1. The molecular weight excluding hydrogens is 343 g/mol. The zero-order valence-electron chi connectivity index (χ0n) is 16.8. The fraction of sp³-hybridized carbons (Fsp3) is 0.409. The van der Waals surface area contributed by atoms with Crippen molar-refractivity contribution < 1.29 is 13.9 Å². The summed E-state index contributed by atoms with van der Waals surface area (Å²) < 4.78 is 18.3. The summed E-state index contributed by atoms with van der Waals surface area (Å²) in [4.78, 5) is 14.4. The Morgan fingerprint density at radius 3 is 2.30 bits per heavy atom. The molecule has 1 unspecified atom stereocenters. The van der Waals surface area contributed by atoms with Gasteiger partial charge in [-0.1, -0.05) is 24.3 Å². The van der Waals surface area contributed by atoms with Gasteiger partial charge in [0.1, 0.15) is 11.6 Å². The smallest absolute Gasteiger partial charge is 0.237 e. The van der Waals surface area contributed by atoms with E-state index in [1.807, 2.05) is 32.7 Å². The predicted octanol–water partition coefficient (Wildman–Crippen LogP) is 3.63. The van der Waals surface area contributed by atoms with E-state index in [4.69, 9.17) is 4.74 Å². The molecule has 1 N–H and O–H groups in total. The Balaban J connectivity index is 1.87. The van der Waals surface area contributed by atoms with Gasteiger partial charge in [-0.05, 0) is 68.6 Å². The largest absolute Gasteiger partial charge is 0.496 e. The molecule has 2 rings (SSSR count). The lowest BCUT2D eigenvalue weighted by atomic mass is 10.0. The van der Waals surface area contributed by atoms with Gasteiger partial charge < -0.3 is 10.1 Å². The van der Waals surface area contributed by atoms with Crippen molar-refractivity contribution in [3.05, 3.63) is 64.5 Å². The molecule has 0 radical (unpaired) electrons. The summed E-state index contributed by atoms with van der Waals surface area (Å²) in [6.07, 6.45) is 0.680. The van der Waals surface area contributed by atoms with Gasteiger partial charge in [-0.2, -0.15) is 0 Å². The normalized spacial score (nSPS) is 12.1. The molecule has 0 bridgehead atoms. The van der Waals surface area contributed by atoms with Crippen molar-refractivity contribution in [1.29, 1.82) is 0 Å². The van der Waals surface area contributed by atoms with Crippen LogP contribution in [0.5, 0.6) is 5.75 Å². The topological polar surface area (TPSA) is 41.6 Å². The van der Waals surface area contributed by atoms with E-state index in [0.29, 0.717) is 19.5 Å². The van der Waals surface area contributed by atoms with Crippen LogP contribution in [0.4, 0.5) is 4.39 Å². The second-order valence-electron chi connectivity index (χ2n) is 7.02. The third kappa shape index (κ3) is 5.79. The lowest BCUT2D eigenvalue weighted by molar-refractivity contribution is -0.125. The van der Waals surface area contributed by atoms with Crippen LogP contribution < -0.4 is 10.1 Å². The highest BCUT2D eigenvalue weighted by molar-refractivity contribution is 5.81. The molecule has 1 atom stereocenters. The molecule has 0 heterocycles. The summed E-state index contributed by atoms with van der Waals surface area (Å²) in [5.74, 6) is 0.650. The Bertz CT molecular complexity index is 751. The predicted molar refractivity (Wildman–Crippen MR) is 107 cm³/mol. The number of nitrogens with one attached hydrogen (secondary N) is 1. The first-order chi connectivity index (χ1) is 12.8. The second kappa shape index (κ2) is 9.51. The van der Waals surface area contributed by atoms with E-state index < -0.39 is 0 Å². The summed E-state index contributed by atoms with van der Waals surface area (Å²) in [5, 5.41) is 2.96. The maximum atomic E-state index is 12.9. The van der Waals surface area contributed by atoms with Gasteiger partial charge in [0.25, 0.3) is 0 Å². The Morgan fingerprint density at radius 1 is 1.15 bits per heavy atom. The number of rotatable bonds is 8. The van der Waals surface area contributed by atoms with Crippen molar-refractivity contribution in [1.82, 2.24) is 10.2 Å². The highest BCUT2D eigenvalue weighted by Crippen LogP contribution is 2.25. The fourth-order valence-corrected chi connectivity index (χ4v) is 3.21. The third-order valence-corrected chi connectivity index (χ3v) is 4.82. The lowest BCUT2D eigenvalue weighted by Gasteiger charge is -2.24. The number of hydrogen-bond donors (Lipinski definition) is 1. The summed E-state index contributed by atoms with van der Waals surface area (Å²) in [6, 6.07) is 10.3. The lowest BCUT2D eigenvalue weighted by Crippen LogP contribution is -2.43. The molecule has 0 spiro atoms. The minimum absolute atomic E-state index is 0.0124. The number of amides is 1. The summed E-state index contributed by atoms with van der Waals surface area (Å²) in [7, 11) is 3.62. The zero-order valence-corrected chi connectivity index (χ0v) is 16.8. The molecule has 0 aliphatic rings. The van der Waals surface area contributed by atoms with Crippen LogP contribution in [0.1, 0.15) is 29.2 Å². The third-order valence-electron chi connectivity index (χ3n) is 4.82. The number of nitrogens with zero attached hydrogens (tertiary/aromatic N) is 1. The average Bonchev–Trinajstić information content (AvgIpc) is 2.62. The second-order valence-corrected chi connectivity index (χ2v) is 7.02. The summed E-state index contributed by atoms with van der Waals surface area (Å²) in [6.45, 7) is 7.17. The Labute approximate surface area is 161 Å². The van der Waals surface area contributed by atoms with Crippen LogP contribution in [0, 0.1) is 19.7 Å². The van der Waals surface area contributed by atoms with Gasteiger partial charge in [0.05, 0.1) is 13.2 Å².